The minimum absolute atomic E-state index is 0.0873. The standard InChI is InChI=1S/C27H21N3O2S/c31-25-18-24(26(32)29-23-17-9-11-19-10-7-8-16-22(19)23)33-27(28-20-12-3-1-4-13-20)30(25)21-14-5-2-6-15-21/h1-17,24H,18H2,(H,29,32). The van der Waals surface area contributed by atoms with Crippen LogP contribution in [0.4, 0.5) is 17.1 Å². The summed E-state index contributed by atoms with van der Waals surface area (Å²) in [6, 6.07) is 32.6. The number of para-hydroxylation sites is 2. The molecule has 5 rings (SSSR count). The van der Waals surface area contributed by atoms with Gasteiger partial charge in [-0.05, 0) is 35.7 Å². The molecule has 1 aliphatic heterocycles. The highest BCUT2D eigenvalue weighted by molar-refractivity contribution is 8.15. The number of fused-ring (bicyclic) bond motifs is 1. The van der Waals surface area contributed by atoms with Crippen LogP contribution in [0.3, 0.4) is 0 Å². The highest BCUT2D eigenvalue weighted by Gasteiger charge is 2.36. The average molecular weight is 452 g/mol. The summed E-state index contributed by atoms with van der Waals surface area (Å²) in [6.45, 7) is 0. The Balaban J connectivity index is 1.45. The molecule has 1 saturated heterocycles. The fourth-order valence-corrected chi connectivity index (χ4v) is 4.91. The molecule has 0 aromatic heterocycles. The molecule has 0 aliphatic carbocycles. The van der Waals surface area contributed by atoms with Crippen molar-refractivity contribution in [1.29, 1.82) is 0 Å². The minimum atomic E-state index is -0.584. The summed E-state index contributed by atoms with van der Waals surface area (Å²) >= 11 is 1.31. The molecule has 0 radical (unpaired) electrons. The van der Waals surface area contributed by atoms with E-state index in [0.717, 1.165) is 27.8 Å². The van der Waals surface area contributed by atoms with E-state index in [-0.39, 0.29) is 18.2 Å². The van der Waals surface area contributed by atoms with Crippen LogP contribution < -0.4 is 10.2 Å². The number of carbonyl (C=O) groups is 2. The Labute approximate surface area is 196 Å². The van der Waals surface area contributed by atoms with Crippen LogP contribution in [0.2, 0.25) is 0 Å². The Hall–Kier alpha value is -3.90. The third-order valence-electron chi connectivity index (χ3n) is 5.38. The number of nitrogens with one attached hydrogen (secondary N) is 1. The molecule has 1 heterocycles. The largest absolute Gasteiger partial charge is 0.325 e. The van der Waals surface area contributed by atoms with Gasteiger partial charge in [0.05, 0.1) is 11.4 Å². The first kappa shape index (κ1) is 21.0. The Morgan fingerprint density at radius 2 is 1.52 bits per heavy atom. The summed E-state index contributed by atoms with van der Waals surface area (Å²) in [7, 11) is 0. The molecule has 33 heavy (non-hydrogen) atoms. The van der Waals surface area contributed by atoms with E-state index in [2.05, 4.69) is 5.32 Å². The van der Waals surface area contributed by atoms with Crippen molar-refractivity contribution < 1.29 is 9.59 Å². The summed E-state index contributed by atoms with van der Waals surface area (Å²) in [5.74, 6) is -0.370. The predicted octanol–water partition coefficient (Wildman–Crippen LogP) is 6.00. The van der Waals surface area contributed by atoms with Gasteiger partial charge in [0.1, 0.15) is 5.25 Å². The maximum absolute atomic E-state index is 13.2. The number of thioether (sulfide) groups is 1. The number of rotatable bonds is 4. The molecule has 5 nitrogen and oxygen atoms in total. The molecule has 1 atom stereocenters. The van der Waals surface area contributed by atoms with E-state index in [1.807, 2.05) is 103 Å². The third-order valence-corrected chi connectivity index (χ3v) is 6.53. The Morgan fingerprint density at radius 3 is 2.30 bits per heavy atom. The average Bonchev–Trinajstić information content (AvgIpc) is 2.85. The van der Waals surface area contributed by atoms with E-state index in [1.54, 1.807) is 4.90 Å². The van der Waals surface area contributed by atoms with Gasteiger partial charge >= 0.3 is 0 Å². The second-order valence-corrected chi connectivity index (χ2v) is 8.79. The molecule has 2 amide bonds. The molecule has 6 heteroatoms. The van der Waals surface area contributed by atoms with Gasteiger partial charge in [0, 0.05) is 17.5 Å². The zero-order chi connectivity index (χ0) is 22.6. The lowest BCUT2D eigenvalue weighted by Gasteiger charge is -2.31. The van der Waals surface area contributed by atoms with Gasteiger partial charge in [-0.3, -0.25) is 14.5 Å². The molecule has 4 aromatic rings. The van der Waals surface area contributed by atoms with Crippen molar-refractivity contribution in [1.82, 2.24) is 0 Å². The molecule has 0 bridgehead atoms. The number of amidine groups is 1. The van der Waals surface area contributed by atoms with Crippen LogP contribution in [0.25, 0.3) is 10.8 Å². The van der Waals surface area contributed by atoms with E-state index >= 15 is 0 Å². The van der Waals surface area contributed by atoms with Gasteiger partial charge in [0.25, 0.3) is 0 Å². The Kier molecular flexibility index (Phi) is 5.91. The number of nitrogens with zero attached hydrogens (tertiary/aromatic N) is 2. The molecule has 1 fully saturated rings. The molecular formula is C27H21N3O2S. The maximum Gasteiger partial charge on any atom is 0.238 e. The first-order chi connectivity index (χ1) is 16.2. The zero-order valence-electron chi connectivity index (χ0n) is 17.7. The molecule has 4 aromatic carbocycles. The predicted molar refractivity (Wildman–Crippen MR) is 136 cm³/mol. The van der Waals surface area contributed by atoms with Crippen LogP contribution in [-0.4, -0.2) is 22.2 Å². The second kappa shape index (κ2) is 9.30. The molecular weight excluding hydrogens is 430 g/mol. The quantitative estimate of drug-likeness (QED) is 0.414. The fourth-order valence-electron chi connectivity index (χ4n) is 3.79. The van der Waals surface area contributed by atoms with E-state index < -0.39 is 5.25 Å². The number of anilines is 2. The summed E-state index contributed by atoms with van der Waals surface area (Å²) in [5, 5.41) is 4.94. The molecule has 162 valence electrons. The Bertz CT molecular complexity index is 1330. The molecule has 0 saturated carbocycles. The number of hydrogen-bond donors (Lipinski definition) is 1. The van der Waals surface area contributed by atoms with Crippen molar-refractivity contribution in [3.8, 4) is 0 Å². The van der Waals surface area contributed by atoms with E-state index in [1.165, 1.54) is 11.8 Å². The maximum atomic E-state index is 13.2. The number of hydrogen-bond acceptors (Lipinski definition) is 4. The van der Waals surface area contributed by atoms with E-state index in [0.29, 0.717) is 5.17 Å². The molecule has 0 spiro atoms. The zero-order valence-corrected chi connectivity index (χ0v) is 18.5. The third kappa shape index (κ3) is 4.52. The lowest BCUT2D eigenvalue weighted by molar-refractivity contribution is -0.121. The van der Waals surface area contributed by atoms with Crippen molar-refractivity contribution >= 4 is 56.6 Å². The highest BCUT2D eigenvalue weighted by Crippen LogP contribution is 2.33. The van der Waals surface area contributed by atoms with Crippen molar-refractivity contribution in [2.24, 2.45) is 4.99 Å². The number of benzene rings is 4. The van der Waals surface area contributed by atoms with Crippen molar-refractivity contribution in [2.45, 2.75) is 11.7 Å². The summed E-state index contributed by atoms with van der Waals surface area (Å²) in [6.07, 6.45) is 0.0873. The second-order valence-electron chi connectivity index (χ2n) is 7.62. The molecule has 1 unspecified atom stereocenters. The summed E-state index contributed by atoms with van der Waals surface area (Å²) < 4.78 is 0. The smallest absolute Gasteiger partial charge is 0.238 e. The van der Waals surface area contributed by atoms with Gasteiger partial charge in [0.15, 0.2) is 5.17 Å². The van der Waals surface area contributed by atoms with Gasteiger partial charge in [-0.15, -0.1) is 0 Å². The van der Waals surface area contributed by atoms with Crippen LogP contribution >= 0.6 is 11.8 Å². The van der Waals surface area contributed by atoms with Crippen LogP contribution in [0.1, 0.15) is 6.42 Å². The first-order valence-electron chi connectivity index (χ1n) is 10.7. The Morgan fingerprint density at radius 1 is 0.848 bits per heavy atom. The van der Waals surface area contributed by atoms with Gasteiger partial charge < -0.3 is 5.32 Å². The van der Waals surface area contributed by atoms with Crippen LogP contribution in [0.15, 0.2) is 108 Å². The van der Waals surface area contributed by atoms with Gasteiger partial charge in [-0.25, -0.2) is 4.99 Å². The van der Waals surface area contributed by atoms with Crippen LogP contribution in [-0.2, 0) is 9.59 Å². The normalized spacial score (nSPS) is 17.3. The van der Waals surface area contributed by atoms with Crippen molar-refractivity contribution in [3.05, 3.63) is 103 Å². The summed E-state index contributed by atoms with van der Waals surface area (Å²) in [5.41, 5.74) is 2.19. The van der Waals surface area contributed by atoms with E-state index in [4.69, 9.17) is 4.99 Å². The number of carbonyl (C=O) groups excluding carboxylic acids is 2. The van der Waals surface area contributed by atoms with Gasteiger partial charge in [-0.1, -0.05) is 84.6 Å². The number of amides is 2. The van der Waals surface area contributed by atoms with Gasteiger partial charge in [-0.2, -0.15) is 0 Å². The topological polar surface area (TPSA) is 61.8 Å². The highest BCUT2D eigenvalue weighted by atomic mass is 32.2. The number of aliphatic imine (C=N–C) groups is 1. The minimum Gasteiger partial charge on any atom is -0.325 e. The lowest BCUT2D eigenvalue weighted by Crippen LogP contribution is -2.45. The van der Waals surface area contributed by atoms with Crippen molar-refractivity contribution in [3.63, 3.8) is 0 Å². The van der Waals surface area contributed by atoms with Crippen molar-refractivity contribution in [2.75, 3.05) is 10.2 Å². The van der Waals surface area contributed by atoms with Crippen LogP contribution in [0, 0.1) is 0 Å². The summed E-state index contributed by atoms with van der Waals surface area (Å²) in [4.78, 5) is 32.8. The van der Waals surface area contributed by atoms with Crippen LogP contribution in [0.5, 0.6) is 0 Å². The van der Waals surface area contributed by atoms with Gasteiger partial charge in [0.2, 0.25) is 11.8 Å². The van der Waals surface area contributed by atoms with E-state index in [9.17, 15) is 9.59 Å². The lowest BCUT2D eigenvalue weighted by atomic mass is 10.1. The first-order valence-corrected chi connectivity index (χ1v) is 11.5. The monoisotopic (exact) mass is 451 g/mol. The molecule has 1 N–H and O–H groups in total. The SMILES string of the molecule is O=C(Nc1cccc2ccccc12)C1CC(=O)N(c2ccccc2)C(=Nc2ccccc2)S1. The fraction of sp³-hybridized carbons (Fsp3) is 0.0741. The molecule has 1 aliphatic rings.